The molecule has 2 aromatic rings. The van der Waals surface area contributed by atoms with Gasteiger partial charge in [0.15, 0.2) is 0 Å². The van der Waals surface area contributed by atoms with Crippen molar-refractivity contribution >= 4 is 17.8 Å². The maximum atomic E-state index is 13.7. The van der Waals surface area contributed by atoms with Crippen LogP contribution < -0.4 is 10.1 Å². The normalized spacial score (nSPS) is 14.9. The van der Waals surface area contributed by atoms with Crippen molar-refractivity contribution in [3.63, 3.8) is 0 Å². The summed E-state index contributed by atoms with van der Waals surface area (Å²) in [7, 11) is 1.56. The summed E-state index contributed by atoms with van der Waals surface area (Å²) in [4.78, 5) is 38.6. The Morgan fingerprint density at radius 1 is 1.11 bits per heavy atom. The summed E-state index contributed by atoms with van der Waals surface area (Å²) in [6, 6.07) is 11.1. The lowest BCUT2D eigenvalue weighted by molar-refractivity contribution is -0.142. The van der Waals surface area contributed by atoms with Crippen LogP contribution in [0.5, 0.6) is 5.75 Å². The molecule has 0 radical (unpaired) electrons. The van der Waals surface area contributed by atoms with E-state index in [-0.39, 0.29) is 36.4 Å². The molecule has 1 aliphatic rings. The van der Waals surface area contributed by atoms with Gasteiger partial charge in [0.1, 0.15) is 17.6 Å². The predicted octanol–water partition coefficient (Wildman–Crippen LogP) is 3.52. The van der Waals surface area contributed by atoms with Crippen molar-refractivity contribution < 1.29 is 28.6 Å². The van der Waals surface area contributed by atoms with Gasteiger partial charge < -0.3 is 20.1 Å². The molecule has 35 heavy (non-hydrogen) atoms. The topological polar surface area (TPSA) is 95.9 Å². The number of carboxylic acid groups (broad SMARTS) is 1. The summed E-state index contributed by atoms with van der Waals surface area (Å²) < 4.78 is 18.8. The first-order valence-corrected chi connectivity index (χ1v) is 11.9. The maximum Gasteiger partial charge on any atom is 0.326 e. The van der Waals surface area contributed by atoms with E-state index in [1.54, 1.807) is 49.3 Å². The lowest BCUT2D eigenvalue weighted by atomic mass is 9.92. The summed E-state index contributed by atoms with van der Waals surface area (Å²) >= 11 is 0. The first kappa shape index (κ1) is 26.2. The number of nitrogens with one attached hydrogen (secondary N) is 1. The van der Waals surface area contributed by atoms with Crippen LogP contribution in [0.2, 0.25) is 0 Å². The Hall–Kier alpha value is -3.42. The molecule has 2 aromatic carbocycles. The van der Waals surface area contributed by atoms with Gasteiger partial charge in [0, 0.05) is 32.4 Å². The minimum atomic E-state index is -1.08. The molecule has 0 aromatic heterocycles. The van der Waals surface area contributed by atoms with Crippen molar-refractivity contribution in [1.82, 2.24) is 10.2 Å². The minimum Gasteiger partial charge on any atom is -0.497 e. The maximum absolute atomic E-state index is 13.7. The van der Waals surface area contributed by atoms with E-state index >= 15 is 0 Å². The van der Waals surface area contributed by atoms with E-state index in [4.69, 9.17) is 4.74 Å². The number of carbonyl (C=O) groups is 3. The van der Waals surface area contributed by atoms with E-state index in [9.17, 15) is 23.9 Å². The highest BCUT2D eigenvalue weighted by Gasteiger charge is 2.26. The van der Waals surface area contributed by atoms with Crippen LogP contribution in [-0.2, 0) is 27.2 Å². The van der Waals surface area contributed by atoms with Crippen molar-refractivity contribution in [3.8, 4) is 5.75 Å². The van der Waals surface area contributed by atoms with E-state index in [1.807, 2.05) is 6.07 Å². The van der Waals surface area contributed by atoms with E-state index < -0.39 is 12.0 Å². The monoisotopic (exact) mass is 484 g/mol. The standard InChI is InChI=1S/C27H33FN2O5/c1-18-3-4-19(15-23(18)28)7-10-26(32)30-13-11-21(12-14-30)17-25(31)29-24(27(33)34)16-20-5-8-22(35-2)9-6-20/h3-6,8-9,15,21,24H,7,10-14,16-17H2,1-2H3,(H,29,31)(H,33,34)/t24-/m0/s1. The third-order valence-electron chi connectivity index (χ3n) is 6.54. The number of amides is 2. The molecule has 1 saturated heterocycles. The molecule has 8 heteroatoms. The van der Waals surface area contributed by atoms with Crippen molar-refractivity contribution in [2.45, 2.75) is 51.5 Å². The van der Waals surface area contributed by atoms with Gasteiger partial charge in [-0.15, -0.1) is 0 Å². The number of hydrogen-bond donors (Lipinski definition) is 2. The average molecular weight is 485 g/mol. The van der Waals surface area contributed by atoms with Crippen LogP contribution in [0.25, 0.3) is 0 Å². The second kappa shape index (κ2) is 12.3. The summed E-state index contributed by atoms with van der Waals surface area (Å²) in [5.41, 5.74) is 2.18. The zero-order valence-corrected chi connectivity index (χ0v) is 20.3. The van der Waals surface area contributed by atoms with Gasteiger partial charge in [0.25, 0.3) is 0 Å². The third kappa shape index (κ3) is 7.80. The Bertz CT molecular complexity index is 1030. The number of aliphatic carboxylic acids is 1. The molecule has 0 spiro atoms. The van der Waals surface area contributed by atoms with Gasteiger partial charge in [-0.05, 0) is 67.0 Å². The SMILES string of the molecule is COc1ccc(C[C@H](NC(=O)CC2CCN(C(=O)CCc3ccc(C)c(F)c3)CC2)C(=O)O)cc1. The molecule has 1 fully saturated rings. The zero-order valence-electron chi connectivity index (χ0n) is 20.3. The number of benzene rings is 2. The second-order valence-electron chi connectivity index (χ2n) is 9.12. The molecule has 7 nitrogen and oxygen atoms in total. The number of rotatable bonds is 10. The van der Waals surface area contributed by atoms with E-state index in [0.717, 1.165) is 11.1 Å². The van der Waals surface area contributed by atoms with Crippen molar-refractivity contribution in [1.29, 1.82) is 0 Å². The first-order valence-electron chi connectivity index (χ1n) is 11.9. The fourth-order valence-corrected chi connectivity index (χ4v) is 4.30. The minimum absolute atomic E-state index is 0.0271. The lowest BCUT2D eigenvalue weighted by Gasteiger charge is -2.32. The van der Waals surface area contributed by atoms with Crippen LogP contribution in [0.3, 0.4) is 0 Å². The number of hydrogen-bond acceptors (Lipinski definition) is 4. The van der Waals surface area contributed by atoms with Crippen molar-refractivity contribution in [2.24, 2.45) is 5.92 Å². The molecule has 2 amide bonds. The second-order valence-corrected chi connectivity index (χ2v) is 9.12. The molecule has 0 unspecified atom stereocenters. The molecule has 1 atom stereocenters. The van der Waals surface area contributed by atoms with Crippen LogP contribution in [0.15, 0.2) is 42.5 Å². The Morgan fingerprint density at radius 3 is 2.37 bits per heavy atom. The number of carboxylic acids is 1. The van der Waals surface area contributed by atoms with Crippen molar-refractivity contribution in [2.75, 3.05) is 20.2 Å². The van der Waals surface area contributed by atoms with Gasteiger partial charge in [-0.3, -0.25) is 9.59 Å². The number of aryl methyl sites for hydroxylation is 2. The molecule has 0 bridgehead atoms. The van der Waals surface area contributed by atoms with Gasteiger partial charge in [-0.25, -0.2) is 9.18 Å². The van der Waals surface area contributed by atoms with Crippen LogP contribution in [0.4, 0.5) is 4.39 Å². The van der Waals surface area contributed by atoms with E-state index in [2.05, 4.69) is 5.32 Å². The molecule has 0 aliphatic carbocycles. The molecular weight excluding hydrogens is 451 g/mol. The first-order chi connectivity index (χ1) is 16.7. The van der Waals surface area contributed by atoms with E-state index in [1.165, 1.54) is 6.07 Å². The summed E-state index contributed by atoms with van der Waals surface area (Å²) in [6.07, 6.45) is 2.60. The zero-order chi connectivity index (χ0) is 25.4. The summed E-state index contributed by atoms with van der Waals surface area (Å²) in [6.45, 7) is 2.83. The van der Waals surface area contributed by atoms with Gasteiger partial charge >= 0.3 is 5.97 Å². The van der Waals surface area contributed by atoms with Gasteiger partial charge in [-0.1, -0.05) is 24.3 Å². The molecule has 1 aliphatic heterocycles. The molecule has 1 heterocycles. The quantitative estimate of drug-likeness (QED) is 0.538. The Balaban J connectivity index is 1.42. The predicted molar refractivity (Wildman–Crippen MR) is 130 cm³/mol. The highest BCUT2D eigenvalue weighted by atomic mass is 19.1. The highest BCUT2D eigenvalue weighted by Crippen LogP contribution is 2.22. The van der Waals surface area contributed by atoms with E-state index in [0.29, 0.717) is 50.1 Å². The number of ether oxygens (including phenoxy) is 1. The molecular formula is C27H33FN2O5. The van der Waals surface area contributed by atoms with Gasteiger partial charge in [-0.2, -0.15) is 0 Å². The Kier molecular flexibility index (Phi) is 9.23. The number of piperidine rings is 1. The number of likely N-dealkylation sites (tertiary alicyclic amines) is 1. The smallest absolute Gasteiger partial charge is 0.326 e. The average Bonchev–Trinajstić information content (AvgIpc) is 2.85. The van der Waals surface area contributed by atoms with Gasteiger partial charge in [0.05, 0.1) is 7.11 Å². The van der Waals surface area contributed by atoms with Crippen LogP contribution in [0.1, 0.15) is 42.4 Å². The number of nitrogens with zero attached hydrogens (tertiary/aromatic N) is 1. The fraction of sp³-hybridized carbons (Fsp3) is 0.444. The molecule has 3 rings (SSSR count). The van der Waals surface area contributed by atoms with Crippen LogP contribution >= 0.6 is 0 Å². The largest absolute Gasteiger partial charge is 0.497 e. The van der Waals surface area contributed by atoms with Crippen LogP contribution in [-0.4, -0.2) is 54.0 Å². The lowest BCUT2D eigenvalue weighted by Crippen LogP contribution is -2.44. The number of methoxy groups -OCH3 is 1. The highest BCUT2D eigenvalue weighted by molar-refractivity contribution is 5.84. The van der Waals surface area contributed by atoms with Crippen LogP contribution in [0, 0.1) is 18.7 Å². The summed E-state index contributed by atoms with van der Waals surface area (Å²) in [5, 5.41) is 12.2. The molecule has 188 valence electrons. The molecule has 2 N–H and O–H groups in total. The fourth-order valence-electron chi connectivity index (χ4n) is 4.30. The van der Waals surface area contributed by atoms with Crippen molar-refractivity contribution in [3.05, 3.63) is 65.0 Å². The third-order valence-corrected chi connectivity index (χ3v) is 6.54. The van der Waals surface area contributed by atoms with Gasteiger partial charge in [0.2, 0.25) is 11.8 Å². The number of carbonyl (C=O) groups excluding carboxylic acids is 2. The molecule has 0 saturated carbocycles. The Labute approximate surface area is 205 Å². The number of halogens is 1. The summed E-state index contributed by atoms with van der Waals surface area (Å²) in [5.74, 6) is -0.832. The Morgan fingerprint density at radius 2 is 1.77 bits per heavy atom.